The second-order valence-electron chi connectivity index (χ2n) is 7.71. The van der Waals surface area contributed by atoms with Crippen LogP contribution in [0.25, 0.3) is 0 Å². The third kappa shape index (κ3) is 4.03. The van der Waals surface area contributed by atoms with E-state index in [9.17, 15) is 23.2 Å². The van der Waals surface area contributed by atoms with Crippen molar-refractivity contribution in [2.75, 3.05) is 38.2 Å². The Kier molecular flexibility index (Phi) is 6.14. The highest BCUT2D eigenvalue weighted by Gasteiger charge is 2.46. The summed E-state index contributed by atoms with van der Waals surface area (Å²) in [7, 11) is 1.27. The van der Waals surface area contributed by atoms with Gasteiger partial charge in [0.15, 0.2) is 11.6 Å². The van der Waals surface area contributed by atoms with E-state index in [1.807, 2.05) is 4.90 Å². The van der Waals surface area contributed by atoms with Gasteiger partial charge in [-0.2, -0.15) is 4.39 Å². The van der Waals surface area contributed by atoms with Crippen molar-refractivity contribution in [1.82, 2.24) is 15.5 Å². The minimum Gasteiger partial charge on any atom is -0.493 e. The number of rotatable bonds is 6. The average Bonchev–Trinajstić information content (AvgIpc) is 3.02. The van der Waals surface area contributed by atoms with E-state index in [4.69, 9.17) is 4.74 Å². The van der Waals surface area contributed by atoms with Crippen molar-refractivity contribution in [2.45, 2.75) is 32.2 Å². The van der Waals surface area contributed by atoms with Crippen LogP contribution in [0.15, 0.2) is 12.1 Å². The number of anilines is 1. The molecular formula is C20H26F2N4O4. The number of amides is 4. The molecule has 0 saturated carbocycles. The predicted molar refractivity (Wildman–Crippen MR) is 105 cm³/mol. The fraction of sp³-hybridized carbons (Fsp3) is 0.550. The molecule has 1 aromatic rings. The molecule has 2 N–H and O–H groups in total. The number of nitrogens with zero attached hydrogens (tertiary/aromatic N) is 2. The summed E-state index contributed by atoms with van der Waals surface area (Å²) in [5, 5.41) is 4.88. The van der Waals surface area contributed by atoms with Gasteiger partial charge in [-0.15, -0.1) is 0 Å². The molecule has 10 heteroatoms. The van der Waals surface area contributed by atoms with Crippen molar-refractivity contribution in [3.63, 3.8) is 0 Å². The van der Waals surface area contributed by atoms with E-state index in [1.165, 1.54) is 13.2 Å². The number of ether oxygens (including phenoxy) is 1. The number of halogens is 2. The van der Waals surface area contributed by atoms with Crippen LogP contribution in [0.3, 0.4) is 0 Å². The summed E-state index contributed by atoms with van der Waals surface area (Å²) in [6.45, 7) is 5.23. The molecule has 2 atom stereocenters. The third-order valence-corrected chi connectivity index (χ3v) is 5.85. The summed E-state index contributed by atoms with van der Waals surface area (Å²) < 4.78 is 32.3. The van der Waals surface area contributed by atoms with Gasteiger partial charge in [0.25, 0.3) is 5.91 Å². The smallest absolute Gasteiger partial charge is 0.322 e. The van der Waals surface area contributed by atoms with Crippen LogP contribution in [0.1, 0.15) is 26.7 Å². The Labute approximate surface area is 173 Å². The van der Waals surface area contributed by atoms with Gasteiger partial charge in [0, 0.05) is 49.9 Å². The SMILES string of the molecule is CC[C@]1(CC(C)C(=O)N2CCN(c3cc(F)c(F)c(OC)c3)CC2)NC(=O)NC1=O. The molecule has 2 aliphatic heterocycles. The molecule has 0 aromatic heterocycles. The van der Waals surface area contributed by atoms with Crippen LogP contribution in [0, 0.1) is 17.6 Å². The molecule has 0 radical (unpaired) electrons. The lowest BCUT2D eigenvalue weighted by Crippen LogP contribution is -2.53. The van der Waals surface area contributed by atoms with Crippen molar-refractivity contribution in [1.29, 1.82) is 0 Å². The van der Waals surface area contributed by atoms with Gasteiger partial charge in [-0.1, -0.05) is 13.8 Å². The average molecular weight is 424 g/mol. The lowest BCUT2D eigenvalue weighted by Gasteiger charge is -2.38. The normalized spacial score (nSPS) is 22.6. The van der Waals surface area contributed by atoms with Crippen LogP contribution >= 0.6 is 0 Å². The highest BCUT2D eigenvalue weighted by molar-refractivity contribution is 6.07. The van der Waals surface area contributed by atoms with Crippen LogP contribution < -0.4 is 20.3 Å². The number of piperazine rings is 1. The monoisotopic (exact) mass is 424 g/mol. The van der Waals surface area contributed by atoms with E-state index in [1.54, 1.807) is 18.7 Å². The maximum atomic E-state index is 13.8. The summed E-state index contributed by atoms with van der Waals surface area (Å²) in [5.41, 5.74) is -0.586. The fourth-order valence-electron chi connectivity index (χ4n) is 4.05. The molecule has 30 heavy (non-hydrogen) atoms. The Morgan fingerprint density at radius 2 is 1.90 bits per heavy atom. The summed E-state index contributed by atoms with van der Waals surface area (Å²) in [6.07, 6.45) is 0.592. The number of methoxy groups -OCH3 is 1. The minimum absolute atomic E-state index is 0.112. The van der Waals surface area contributed by atoms with Crippen molar-refractivity contribution >= 4 is 23.5 Å². The zero-order valence-corrected chi connectivity index (χ0v) is 17.3. The molecule has 2 heterocycles. The number of benzene rings is 1. The Morgan fingerprint density at radius 3 is 2.43 bits per heavy atom. The van der Waals surface area contributed by atoms with Gasteiger partial charge in [-0.3, -0.25) is 14.9 Å². The standard InChI is InChI=1S/C20H26F2N4O4/c1-4-20(18(28)23-19(29)24-20)11-12(2)17(27)26-7-5-25(6-8-26)13-9-14(21)16(22)15(10-13)30-3/h9-10,12H,4-8,11H2,1-3H3,(H2,23,24,28,29)/t12?,20-/m1/s1. The molecule has 1 unspecified atom stereocenters. The highest BCUT2D eigenvalue weighted by atomic mass is 19.2. The number of hydrogen-bond donors (Lipinski definition) is 2. The van der Waals surface area contributed by atoms with Crippen molar-refractivity contribution in [3.8, 4) is 5.75 Å². The first-order chi connectivity index (χ1) is 14.2. The number of hydrogen-bond acceptors (Lipinski definition) is 5. The molecule has 164 valence electrons. The van der Waals surface area contributed by atoms with E-state index in [-0.39, 0.29) is 18.1 Å². The van der Waals surface area contributed by atoms with Gasteiger partial charge in [0.1, 0.15) is 5.54 Å². The molecule has 0 spiro atoms. The number of imide groups is 1. The maximum Gasteiger partial charge on any atom is 0.322 e. The van der Waals surface area contributed by atoms with Gasteiger partial charge in [0.2, 0.25) is 11.7 Å². The first-order valence-electron chi connectivity index (χ1n) is 9.91. The third-order valence-electron chi connectivity index (χ3n) is 5.85. The molecular weight excluding hydrogens is 398 g/mol. The Hall–Kier alpha value is -2.91. The van der Waals surface area contributed by atoms with Crippen LogP contribution in [0.5, 0.6) is 5.75 Å². The molecule has 2 saturated heterocycles. The number of carbonyl (C=O) groups excluding carboxylic acids is 3. The minimum atomic E-state index is -1.07. The van der Waals surface area contributed by atoms with Crippen LogP contribution in [-0.4, -0.2) is 61.6 Å². The zero-order chi connectivity index (χ0) is 22.1. The lowest BCUT2D eigenvalue weighted by atomic mass is 9.85. The fourth-order valence-corrected chi connectivity index (χ4v) is 4.05. The molecule has 0 bridgehead atoms. The Bertz CT molecular complexity index is 857. The van der Waals surface area contributed by atoms with Gasteiger partial charge in [0.05, 0.1) is 7.11 Å². The van der Waals surface area contributed by atoms with Gasteiger partial charge < -0.3 is 19.9 Å². The summed E-state index contributed by atoms with van der Waals surface area (Å²) in [5.74, 6) is -3.18. The Balaban J connectivity index is 1.62. The molecule has 2 fully saturated rings. The van der Waals surface area contributed by atoms with Gasteiger partial charge >= 0.3 is 6.03 Å². The first kappa shape index (κ1) is 21.8. The second kappa shape index (κ2) is 8.45. The summed E-state index contributed by atoms with van der Waals surface area (Å²) in [6, 6.07) is 2.01. The molecule has 2 aliphatic rings. The van der Waals surface area contributed by atoms with Crippen LogP contribution in [-0.2, 0) is 9.59 Å². The van der Waals surface area contributed by atoms with E-state index in [0.717, 1.165) is 6.07 Å². The first-order valence-corrected chi connectivity index (χ1v) is 9.91. The molecule has 4 amide bonds. The number of carbonyl (C=O) groups is 3. The van der Waals surface area contributed by atoms with E-state index in [0.29, 0.717) is 38.3 Å². The van der Waals surface area contributed by atoms with Crippen molar-refractivity contribution < 1.29 is 27.9 Å². The maximum absolute atomic E-state index is 13.8. The van der Waals surface area contributed by atoms with Crippen LogP contribution in [0.2, 0.25) is 0 Å². The van der Waals surface area contributed by atoms with E-state index >= 15 is 0 Å². The second-order valence-corrected chi connectivity index (χ2v) is 7.71. The van der Waals surface area contributed by atoms with E-state index < -0.39 is 35.0 Å². The van der Waals surface area contributed by atoms with Gasteiger partial charge in [-0.05, 0) is 12.8 Å². The predicted octanol–water partition coefficient (Wildman–Crippen LogP) is 1.64. The molecule has 0 aliphatic carbocycles. The lowest BCUT2D eigenvalue weighted by molar-refractivity contribution is -0.136. The zero-order valence-electron chi connectivity index (χ0n) is 17.3. The topological polar surface area (TPSA) is 91.0 Å². The van der Waals surface area contributed by atoms with Gasteiger partial charge in [-0.25, -0.2) is 9.18 Å². The molecule has 3 rings (SSSR count). The molecule has 8 nitrogen and oxygen atoms in total. The van der Waals surface area contributed by atoms with Crippen molar-refractivity contribution in [3.05, 3.63) is 23.8 Å². The number of urea groups is 1. The summed E-state index contributed by atoms with van der Waals surface area (Å²) in [4.78, 5) is 40.2. The van der Waals surface area contributed by atoms with Crippen molar-refractivity contribution in [2.24, 2.45) is 5.92 Å². The molecule has 1 aromatic carbocycles. The Morgan fingerprint density at radius 1 is 1.23 bits per heavy atom. The summed E-state index contributed by atoms with van der Waals surface area (Å²) >= 11 is 0. The largest absolute Gasteiger partial charge is 0.493 e. The number of nitrogens with one attached hydrogen (secondary N) is 2. The highest BCUT2D eigenvalue weighted by Crippen LogP contribution is 2.29. The van der Waals surface area contributed by atoms with Crippen LogP contribution in [0.4, 0.5) is 19.3 Å². The van der Waals surface area contributed by atoms with E-state index in [2.05, 4.69) is 10.6 Å². The quantitative estimate of drug-likeness (QED) is 0.678.